The number of hydrogen-bond donors (Lipinski definition) is 1. The molecule has 1 aliphatic carbocycles. The van der Waals surface area contributed by atoms with Crippen LogP contribution in [0.5, 0.6) is 0 Å². The molecule has 0 atom stereocenters. The van der Waals surface area contributed by atoms with Gasteiger partial charge in [0.15, 0.2) is 5.78 Å². The summed E-state index contributed by atoms with van der Waals surface area (Å²) in [7, 11) is 0. The molecule has 0 amide bonds. The summed E-state index contributed by atoms with van der Waals surface area (Å²) in [5.74, 6) is 0.736. The predicted octanol–water partition coefficient (Wildman–Crippen LogP) is 2.91. The Kier molecular flexibility index (Phi) is 4.48. The Balaban J connectivity index is 1.61. The Morgan fingerprint density at radius 3 is 2.60 bits per heavy atom. The Morgan fingerprint density at radius 1 is 1.15 bits per heavy atom. The fourth-order valence-electron chi connectivity index (χ4n) is 3.06. The van der Waals surface area contributed by atoms with Gasteiger partial charge >= 0.3 is 0 Å². The van der Waals surface area contributed by atoms with Crippen LogP contribution in [0.15, 0.2) is 24.3 Å². The summed E-state index contributed by atoms with van der Waals surface area (Å²) in [5.41, 5.74) is 2.11. The minimum atomic E-state index is 0.144. The van der Waals surface area contributed by atoms with Gasteiger partial charge < -0.3 is 10.1 Å². The van der Waals surface area contributed by atoms with Gasteiger partial charge in [0.25, 0.3) is 0 Å². The van der Waals surface area contributed by atoms with E-state index in [0.29, 0.717) is 5.92 Å². The maximum atomic E-state index is 12.4. The maximum Gasteiger partial charge on any atom is 0.188 e. The first-order valence-corrected chi connectivity index (χ1v) is 7.79. The van der Waals surface area contributed by atoms with Gasteiger partial charge in [-0.15, -0.1) is 0 Å². The van der Waals surface area contributed by atoms with Crippen molar-refractivity contribution in [2.45, 2.75) is 44.1 Å². The number of carbonyl (C=O) groups is 1. The van der Waals surface area contributed by atoms with E-state index in [2.05, 4.69) is 11.4 Å². The molecular weight excluding hydrogens is 250 g/mol. The molecule has 2 aliphatic rings. The van der Waals surface area contributed by atoms with Crippen LogP contribution in [0, 0.1) is 0 Å². The first kappa shape index (κ1) is 13.8. The first-order valence-electron chi connectivity index (χ1n) is 7.79. The second-order valence-corrected chi connectivity index (χ2v) is 5.90. The number of nitrogens with one attached hydrogen (secondary N) is 1. The van der Waals surface area contributed by atoms with Gasteiger partial charge in [0, 0.05) is 5.56 Å². The van der Waals surface area contributed by atoms with E-state index in [-0.39, 0.29) is 18.5 Å². The number of benzene rings is 1. The fraction of sp³-hybridized carbons (Fsp3) is 0.588. The number of hydrogen-bond acceptors (Lipinski definition) is 3. The molecule has 0 radical (unpaired) electrons. The summed E-state index contributed by atoms with van der Waals surface area (Å²) >= 11 is 0. The number of carbonyl (C=O) groups excluding carboxylic acids is 1. The summed E-state index contributed by atoms with van der Waals surface area (Å²) < 4.78 is 5.80. The largest absolute Gasteiger partial charge is 0.370 e. The third-order valence-corrected chi connectivity index (χ3v) is 4.54. The highest BCUT2D eigenvalue weighted by Gasteiger charge is 2.24. The third kappa shape index (κ3) is 3.10. The molecule has 0 bridgehead atoms. The monoisotopic (exact) mass is 273 g/mol. The van der Waals surface area contributed by atoms with Crippen LogP contribution in [-0.2, 0) is 4.74 Å². The van der Waals surface area contributed by atoms with Gasteiger partial charge in [0.05, 0.1) is 6.10 Å². The average Bonchev–Trinajstić information content (AvgIpc) is 2.45. The van der Waals surface area contributed by atoms with Gasteiger partial charge in [0.1, 0.15) is 6.61 Å². The van der Waals surface area contributed by atoms with Gasteiger partial charge in [-0.1, -0.05) is 30.7 Å². The molecule has 108 valence electrons. The fourth-order valence-corrected chi connectivity index (χ4v) is 3.06. The molecule has 1 heterocycles. The van der Waals surface area contributed by atoms with Gasteiger partial charge in [-0.05, 0) is 50.3 Å². The van der Waals surface area contributed by atoms with E-state index in [0.717, 1.165) is 31.5 Å². The molecule has 1 N–H and O–H groups in total. The molecule has 1 aromatic rings. The minimum absolute atomic E-state index is 0.144. The SMILES string of the molecule is O=C(COC1CCNCC1)c1ccccc1C1CCC1. The van der Waals surface area contributed by atoms with Crippen molar-refractivity contribution in [3.8, 4) is 0 Å². The van der Waals surface area contributed by atoms with Crippen LogP contribution in [0.2, 0.25) is 0 Å². The number of ether oxygens (including phenoxy) is 1. The van der Waals surface area contributed by atoms with Gasteiger partial charge in [-0.3, -0.25) is 4.79 Å². The molecule has 1 aromatic carbocycles. The van der Waals surface area contributed by atoms with Crippen LogP contribution in [0.25, 0.3) is 0 Å². The van der Waals surface area contributed by atoms with E-state index in [9.17, 15) is 4.79 Å². The van der Waals surface area contributed by atoms with Crippen molar-refractivity contribution in [2.75, 3.05) is 19.7 Å². The Hall–Kier alpha value is -1.19. The van der Waals surface area contributed by atoms with Crippen LogP contribution < -0.4 is 5.32 Å². The van der Waals surface area contributed by atoms with Gasteiger partial charge in [0.2, 0.25) is 0 Å². The zero-order valence-electron chi connectivity index (χ0n) is 11.9. The summed E-state index contributed by atoms with van der Waals surface area (Å²) in [6.07, 6.45) is 6.00. The lowest BCUT2D eigenvalue weighted by Crippen LogP contribution is -2.33. The van der Waals surface area contributed by atoms with Gasteiger partial charge in [-0.2, -0.15) is 0 Å². The molecule has 20 heavy (non-hydrogen) atoms. The molecule has 3 nitrogen and oxygen atoms in total. The third-order valence-electron chi connectivity index (χ3n) is 4.54. The lowest BCUT2D eigenvalue weighted by molar-refractivity contribution is 0.0316. The quantitative estimate of drug-likeness (QED) is 0.838. The van der Waals surface area contributed by atoms with Crippen molar-refractivity contribution in [1.29, 1.82) is 0 Å². The molecule has 0 unspecified atom stereocenters. The standard InChI is InChI=1S/C17H23NO2/c19-17(12-20-14-8-10-18-11-9-14)16-7-2-1-6-15(16)13-4-3-5-13/h1-2,6-7,13-14,18H,3-5,8-12H2. The topological polar surface area (TPSA) is 38.3 Å². The predicted molar refractivity (Wildman–Crippen MR) is 79.2 cm³/mol. The van der Waals surface area contributed by atoms with Crippen LogP contribution in [0.4, 0.5) is 0 Å². The average molecular weight is 273 g/mol. The number of ketones is 1. The van der Waals surface area contributed by atoms with Crippen molar-refractivity contribution in [3.05, 3.63) is 35.4 Å². The second-order valence-electron chi connectivity index (χ2n) is 5.90. The van der Waals surface area contributed by atoms with Crippen molar-refractivity contribution in [3.63, 3.8) is 0 Å². The Labute approximate surface area is 120 Å². The Morgan fingerprint density at radius 2 is 1.90 bits per heavy atom. The van der Waals surface area contributed by atoms with Crippen LogP contribution in [0.1, 0.15) is 53.9 Å². The van der Waals surface area contributed by atoms with E-state index in [1.165, 1.54) is 24.8 Å². The molecule has 3 rings (SSSR count). The van der Waals surface area contributed by atoms with Crippen molar-refractivity contribution in [2.24, 2.45) is 0 Å². The highest BCUT2D eigenvalue weighted by Crippen LogP contribution is 2.38. The zero-order valence-corrected chi connectivity index (χ0v) is 11.9. The summed E-state index contributed by atoms with van der Waals surface area (Å²) in [6, 6.07) is 8.07. The van der Waals surface area contributed by atoms with Crippen molar-refractivity contribution in [1.82, 2.24) is 5.32 Å². The summed E-state index contributed by atoms with van der Waals surface area (Å²) in [6.45, 7) is 2.23. The highest BCUT2D eigenvalue weighted by atomic mass is 16.5. The molecule has 1 saturated carbocycles. The highest BCUT2D eigenvalue weighted by molar-refractivity contribution is 5.98. The lowest BCUT2D eigenvalue weighted by Gasteiger charge is -2.28. The van der Waals surface area contributed by atoms with Crippen LogP contribution in [0.3, 0.4) is 0 Å². The second kappa shape index (κ2) is 6.51. The summed E-state index contributed by atoms with van der Waals surface area (Å²) in [4.78, 5) is 12.4. The van der Waals surface area contributed by atoms with E-state index in [1.54, 1.807) is 0 Å². The number of rotatable bonds is 5. The minimum Gasteiger partial charge on any atom is -0.370 e. The summed E-state index contributed by atoms with van der Waals surface area (Å²) in [5, 5.41) is 3.31. The number of piperidine rings is 1. The molecule has 0 spiro atoms. The van der Waals surface area contributed by atoms with Crippen molar-refractivity contribution < 1.29 is 9.53 Å². The molecule has 1 saturated heterocycles. The maximum absolute atomic E-state index is 12.4. The molecule has 2 fully saturated rings. The normalized spacial score (nSPS) is 20.6. The van der Waals surface area contributed by atoms with E-state index in [4.69, 9.17) is 4.74 Å². The Bertz CT molecular complexity index is 462. The molecular formula is C17H23NO2. The van der Waals surface area contributed by atoms with Crippen molar-refractivity contribution >= 4 is 5.78 Å². The zero-order chi connectivity index (χ0) is 13.8. The smallest absolute Gasteiger partial charge is 0.188 e. The van der Waals surface area contributed by atoms with E-state index >= 15 is 0 Å². The van der Waals surface area contributed by atoms with E-state index < -0.39 is 0 Å². The van der Waals surface area contributed by atoms with Gasteiger partial charge in [-0.25, -0.2) is 0 Å². The van der Waals surface area contributed by atoms with Crippen LogP contribution >= 0.6 is 0 Å². The molecule has 3 heteroatoms. The molecule has 1 aliphatic heterocycles. The molecule has 0 aromatic heterocycles. The first-order chi connectivity index (χ1) is 9.84. The number of Topliss-reactive ketones (excluding diaryl/α,β-unsaturated/α-hetero) is 1. The van der Waals surface area contributed by atoms with Crippen LogP contribution in [-0.4, -0.2) is 31.6 Å². The lowest BCUT2D eigenvalue weighted by atomic mass is 9.77. The van der Waals surface area contributed by atoms with E-state index in [1.807, 2.05) is 18.2 Å².